The van der Waals surface area contributed by atoms with E-state index in [1.807, 2.05) is 24.3 Å². The Bertz CT molecular complexity index is 533. The molecule has 4 heteroatoms. The topological polar surface area (TPSA) is 26.3 Å². The van der Waals surface area contributed by atoms with E-state index in [9.17, 15) is 4.79 Å². The Balaban J connectivity index is 2.10. The highest BCUT2D eigenvalue weighted by atomic mass is 79.9. The van der Waals surface area contributed by atoms with Crippen molar-refractivity contribution in [1.29, 1.82) is 0 Å². The number of ketones is 1. The lowest BCUT2D eigenvalue weighted by Crippen LogP contribution is -1.99. The predicted octanol–water partition coefficient (Wildman–Crippen LogP) is 4.82. The lowest BCUT2D eigenvalue weighted by Gasteiger charge is -2.06. The standard InChI is InChI=1S/C14H10Br2O2/c15-9-14(17)10-1-5-12(6-2-10)18-13-7-3-11(16)4-8-13/h1-8H,9H2. The maximum atomic E-state index is 11.4. The maximum Gasteiger partial charge on any atom is 0.173 e. The zero-order valence-electron chi connectivity index (χ0n) is 9.40. The van der Waals surface area contributed by atoms with Gasteiger partial charge in [0, 0.05) is 10.0 Å². The quantitative estimate of drug-likeness (QED) is 0.570. The average molecular weight is 370 g/mol. The molecule has 2 aromatic rings. The molecule has 0 aliphatic carbocycles. The van der Waals surface area contributed by atoms with Crippen LogP contribution in [0.15, 0.2) is 53.0 Å². The molecule has 0 amide bonds. The van der Waals surface area contributed by atoms with Gasteiger partial charge in [-0.3, -0.25) is 4.79 Å². The minimum absolute atomic E-state index is 0.0604. The van der Waals surface area contributed by atoms with Crippen molar-refractivity contribution in [2.45, 2.75) is 0 Å². The van der Waals surface area contributed by atoms with Gasteiger partial charge in [0.05, 0.1) is 5.33 Å². The van der Waals surface area contributed by atoms with Crippen molar-refractivity contribution >= 4 is 37.6 Å². The molecule has 0 aliphatic heterocycles. The molecule has 0 unspecified atom stereocenters. The second-order valence-corrected chi connectivity index (χ2v) is 5.11. The molecule has 0 N–H and O–H groups in total. The van der Waals surface area contributed by atoms with Crippen LogP contribution in [-0.4, -0.2) is 11.1 Å². The molecule has 0 spiro atoms. The third-order valence-corrected chi connectivity index (χ3v) is 3.38. The Hall–Kier alpha value is -1.13. The fraction of sp³-hybridized carbons (Fsp3) is 0.0714. The van der Waals surface area contributed by atoms with Gasteiger partial charge in [0.15, 0.2) is 5.78 Å². The zero-order chi connectivity index (χ0) is 13.0. The van der Waals surface area contributed by atoms with Gasteiger partial charge < -0.3 is 4.74 Å². The lowest BCUT2D eigenvalue weighted by atomic mass is 10.1. The molecule has 92 valence electrons. The fourth-order valence-electron chi connectivity index (χ4n) is 1.42. The summed E-state index contributed by atoms with van der Waals surface area (Å²) >= 11 is 6.51. The van der Waals surface area contributed by atoms with Gasteiger partial charge in [-0.25, -0.2) is 0 Å². The fourth-order valence-corrected chi connectivity index (χ4v) is 2.01. The van der Waals surface area contributed by atoms with Crippen molar-refractivity contribution in [2.75, 3.05) is 5.33 Å². The Morgan fingerprint density at radius 1 is 0.944 bits per heavy atom. The van der Waals surface area contributed by atoms with Crippen LogP contribution < -0.4 is 4.74 Å². The van der Waals surface area contributed by atoms with E-state index >= 15 is 0 Å². The summed E-state index contributed by atoms with van der Waals surface area (Å²) in [6.45, 7) is 0. The molecular formula is C14H10Br2O2. The Labute approximate surface area is 122 Å². The van der Waals surface area contributed by atoms with Crippen molar-refractivity contribution in [3.05, 3.63) is 58.6 Å². The molecular weight excluding hydrogens is 360 g/mol. The van der Waals surface area contributed by atoms with Crippen LogP contribution in [-0.2, 0) is 0 Å². The van der Waals surface area contributed by atoms with E-state index in [4.69, 9.17) is 4.74 Å². The van der Waals surface area contributed by atoms with E-state index in [2.05, 4.69) is 31.9 Å². The van der Waals surface area contributed by atoms with Gasteiger partial charge in [-0.15, -0.1) is 0 Å². The molecule has 0 aromatic heterocycles. The maximum absolute atomic E-state index is 11.4. The molecule has 2 aromatic carbocycles. The zero-order valence-corrected chi connectivity index (χ0v) is 12.6. The average Bonchev–Trinajstić information content (AvgIpc) is 2.41. The lowest BCUT2D eigenvalue weighted by molar-refractivity contribution is 0.102. The van der Waals surface area contributed by atoms with Crippen molar-refractivity contribution < 1.29 is 9.53 Å². The number of alkyl halides is 1. The van der Waals surface area contributed by atoms with Crippen LogP contribution >= 0.6 is 31.9 Å². The molecule has 0 heterocycles. The summed E-state index contributed by atoms with van der Waals surface area (Å²) < 4.78 is 6.67. The minimum Gasteiger partial charge on any atom is -0.457 e. The smallest absolute Gasteiger partial charge is 0.173 e. The number of hydrogen-bond donors (Lipinski definition) is 0. The SMILES string of the molecule is O=C(CBr)c1ccc(Oc2ccc(Br)cc2)cc1. The Kier molecular flexibility index (Phi) is 4.55. The molecule has 2 rings (SSSR count). The van der Waals surface area contributed by atoms with Gasteiger partial charge in [0.2, 0.25) is 0 Å². The molecule has 0 atom stereocenters. The predicted molar refractivity (Wildman–Crippen MR) is 78.8 cm³/mol. The van der Waals surface area contributed by atoms with Gasteiger partial charge in [-0.05, 0) is 48.5 Å². The first-order chi connectivity index (χ1) is 8.69. The Morgan fingerprint density at radius 3 is 1.94 bits per heavy atom. The summed E-state index contributed by atoms with van der Waals surface area (Å²) in [6, 6.07) is 14.7. The molecule has 18 heavy (non-hydrogen) atoms. The van der Waals surface area contributed by atoms with Gasteiger partial charge >= 0.3 is 0 Å². The molecule has 0 bridgehead atoms. The first-order valence-electron chi connectivity index (χ1n) is 5.31. The number of benzene rings is 2. The summed E-state index contributed by atoms with van der Waals surface area (Å²) in [7, 11) is 0. The second-order valence-electron chi connectivity index (χ2n) is 3.64. The third kappa shape index (κ3) is 3.43. The molecule has 2 nitrogen and oxygen atoms in total. The van der Waals surface area contributed by atoms with Gasteiger partial charge in [-0.1, -0.05) is 31.9 Å². The number of hydrogen-bond acceptors (Lipinski definition) is 2. The van der Waals surface area contributed by atoms with Crippen LogP contribution in [0.25, 0.3) is 0 Å². The monoisotopic (exact) mass is 368 g/mol. The summed E-state index contributed by atoms with van der Waals surface area (Å²) in [5.74, 6) is 1.53. The van der Waals surface area contributed by atoms with E-state index in [1.165, 1.54) is 0 Å². The van der Waals surface area contributed by atoms with Crippen LogP contribution in [0.4, 0.5) is 0 Å². The molecule has 0 fully saturated rings. The van der Waals surface area contributed by atoms with Crippen LogP contribution in [0.5, 0.6) is 11.5 Å². The van der Waals surface area contributed by atoms with Crippen LogP contribution in [0.3, 0.4) is 0 Å². The molecule has 0 saturated heterocycles. The van der Waals surface area contributed by atoms with Crippen LogP contribution in [0, 0.1) is 0 Å². The first kappa shape index (κ1) is 13.3. The largest absolute Gasteiger partial charge is 0.457 e. The van der Waals surface area contributed by atoms with E-state index < -0.39 is 0 Å². The number of halogens is 2. The first-order valence-corrected chi connectivity index (χ1v) is 7.23. The van der Waals surface area contributed by atoms with Gasteiger partial charge in [0.1, 0.15) is 11.5 Å². The third-order valence-electron chi connectivity index (χ3n) is 2.35. The highest BCUT2D eigenvalue weighted by Gasteiger charge is 2.04. The second kappa shape index (κ2) is 6.16. The summed E-state index contributed by atoms with van der Waals surface area (Å²) in [4.78, 5) is 11.4. The van der Waals surface area contributed by atoms with Crippen LogP contribution in [0.2, 0.25) is 0 Å². The number of carbonyl (C=O) groups is 1. The van der Waals surface area contributed by atoms with E-state index in [0.717, 1.165) is 10.2 Å². The number of rotatable bonds is 4. The van der Waals surface area contributed by atoms with Crippen molar-refractivity contribution in [1.82, 2.24) is 0 Å². The van der Waals surface area contributed by atoms with Crippen molar-refractivity contribution in [2.24, 2.45) is 0 Å². The molecule has 0 aliphatic rings. The highest BCUT2D eigenvalue weighted by Crippen LogP contribution is 2.23. The van der Waals surface area contributed by atoms with Crippen molar-refractivity contribution in [3.8, 4) is 11.5 Å². The van der Waals surface area contributed by atoms with Crippen LogP contribution in [0.1, 0.15) is 10.4 Å². The number of ether oxygens (including phenoxy) is 1. The Morgan fingerprint density at radius 2 is 1.44 bits per heavy atom. The molecule has 0 saturated carbocycles. The van der Waals surface area contributed by atoms with E-state index in [-0.39, 0.29) is 5.78 Å². The van der Waals surface area contributed by atoms with Crippen molar-refractivity contribution in [3.63, 3.8) is 0 Å². The number of Topliss-reactive ketones (excluding diaryl/α,β-unsaturated/α-hetero) is 1. The summed E-state index contributed by atoms with van der Waals surface area (Å²) in [5.41, 5.74) is 0.676. The molecule has 0 radical (unpaired) electrons. The normalized spacial score (nSPS) is 10.1. The summed E-state index contributed by atoms with van der Waals surface area (Å²) in [6.07, 6.45) is 0. The number of carbonyl (C=O) groups excluding carboxylic acids is 1. The minimum atomic E-state index is 0.0604. The van der Waals surface area contributed by atoms with E-state index in [1.54, 1.807) is 24.3 Å². The van der Waals surface area contributed by atoms with E-state index in [0.29, 0.717) is 16.6 Å². The van der Waals surface area contributed by atoms with Gasteiger partial charge in [-0.2, -0.15) is 0 Å². The van der Waals surface area contributed by atoms with Gasteiger partial charge in [0.25, 0.3) is 0 Å². The highest BCUT2D eigenvalue weighted by molar-refractivity contribution is 9.10. The summed E-state index contributed by atoms with van der Waals surface area (Å²) in [5, 5.41) is 0.333.